The minimum atomic E-state index is -1.48. The zero-order chi connectivity index (χ0) is 40.9. The van der Waals surface area contributed by atoms with Crippen molar-refractivity contribution in [3.63, 3.8) is 0 Å². The first kappa shape index (κ1) is 43.0. The molecule has 2 aliphatic rings. The van der Waals surface area contributed by atoms with Crippen LogP contribution in [0.15, 0.2) is 23.1 Å². The maximum Gasteiger partial charge on any atom is 0.341 e. The van der Waals surface area contributed by atoms with Gasteiger partial charge in [-0.2, -0.15) is 0 Å². The van der Waals surface area contributed by atoms with Crippen LogP contribution >= 0.6 is 11.8 Å². The van der Waals surface area contributed by atoms with Crippen LogP contribution in [0.3, 0.4) is 0 Å². The molecule has 1 aromatic carbocycles. The maximum atomic E-state index is 16.1. The van der Waals surface area contributed by atoms with Crippen LogP contribution in [0, 0.1) is 11.7 Å². The zero-order valence-electron chi connectivity index (χ0n) is 32.0. The number of pyridine rings is 1. The molecule has 302 valence electrons. The molecule has 55 heavy (non-hydrogen) atoms. The molecule has 2 aromatic rings. The van der Waals surface area contributed by atoms with E-state index in [1.165, 1.54) is 23.8 Å². The molecule has 0 unspecified atom stereocenters. The third kappa shape index (κ3) is 9.76. The normalized spacial score (nSPS) is 24.7. The summed E-state index contributed by atoms with van der Waals surface area (Å²) >= 11 is 1.09. The van der Waals surface area contributed by atoms with Gasteiger partial charge in [-0.15, -0.1) is 11.8 Å². The van der Waals surface area contributed by atoms with Gasteiger partial charge in [-0.3, -0.25) is 28.8 Å². The van der Waals surface area contributed by atoms with E-state index in [4.69, 9.17) is 23.7 Å². The summed E-state index contributed by atoms with van der Waals surface area (Å²) in [5, 5.41) is 12.4. The number of carbonyl (C=O) groups is 6. The number of anilines is 1. The predicted molar refractivity (Wildman–Crippen MR) is 197 cm³/mol. The summed E-state index contributed by atoms with van der Waals surface area (Å²) in [6.45, 7) is 10.2. The number of nitrogens with one attached hydrogen (secondary N) is 1. The number of esters is 4. The van der Waals surface area contributed by atoms with Gasteiger partial charge in [-0.1, -0.05) is 13.3 Å². The number of aromatic carboxylic acids is 1. The topological polar surface area (TPSA) is 206 Å². The van der Waals surface area contributed by atoms with Gasteiger partial charge in [0.1, 0.15) is 35.1 Å². The Morgan fingerprint density at radius 2 is 1.60 bits per heavy atom. The highest BCUT2D eigenvalue weighted by molar-refractivity contribution is 7.99. The number of carboxylic acid groups (broad SMARTS) is 1. The summed E-state index contributed by atoms with van der Waals surface area (Å²) in [7, 11) is 0. The van der Waals surface area contributed by atoms with Crippen LogP contribution < -0.4 is 15.6 Å². The van der Waals surface area contributed by atoms with Crippen LogP contribution in [0.1, 0.15) is 78.1 Å². The van der Waals surface area contributed by atoms with Crippen molar-refractivity contribution >= 4 is 64.1 Å². The van der Waals surface area contributed by atoms with E-state index in [2.05, 4.69) is 5.32 Å². The lowest BCUT2D eigenvalue weighted by Gasteiger charge is -2.47. The fraction of sp³-hybridized carbons (Fsp3) is 0.595. The Kier molecular flexibility index (Phi) is 14.3. The van der Waals surface area contributed by atoms with E-state index in [0.29, 0.717) is 6.42 Å². The van der Waals surface area contributed by atoms with Gasteiger partial charge in [0.2, 0.25) is 11.3 Å². The Morgan fingerprint density at radius 1 is 0.982 bits per heavy atom. The number of amides is 1. The monoisotopic (exact) mass is 793 g/mol. The first-order chi connectivity index (χ1) is 25.9. The number of carbonyl (C=O) groups excluding carboxylic acids is 5. The fourth-order valence-corrected chi connectivity index (χ4v) is 8.15. The van der Waals surface area contributed by atoms with Gasteiger partial charge >= 0.3 is 29.8 Å². The van der Waals surface area contributed by atoms with Crippen molar-refractivity contribution in [1.82, 2.24) is 9.88 Å². The molecule has 0 aliphatic carbocycles. The van der Waals surface area contributed by atoms with Crippen LogP contribution in [0.5, 0.6) is 0 Å². The quantitative estimate of drug-likeness (QED) is 0.208. The van der Waals surface area contributed by atoms with E-state index >= 15 is 4.39 Å². The summed E-state index contributed by atoms with van der Waals surface area (Å²) < 4.78 is 46.3. The average Bonchev–Trinajstić information content (AvgIpc) is 3.51. The number of fused-ring (bicyclic) bond motifs is 1. The average molecular weight is 794 g/mol. The van der Waals surface area contributed by atoms with Crippen molar-refractivity contribution in [1.29, 1.82) is 0 Å². The minimum Gasteiger partial charge on any atom is -0.477 e. The SMILES string of the molecule is CCC[C@@H]1C[C@@H](C(=O)N[C@@H]([C@H]2O[C@H](SC)[C@H](OC(C)=O)[C@@H](OC(C)=O)[C@H]2OC(C)=O)[C@@H](C)OC(C)=O)N(c2cc3c(cc2F)c(=O)c(C(=O)O)cn3CC)C1. The lowest BCUT2D eigenvalue weighted by molar-refractivity contribution is -0.239. The number of rotatable bonds is 14. The van der Waals surface area contributed by atoms with Crippen LogP contribution in [0.2, 0.25) is 0 Å². The van der Waals surface area contributed by atoms with Crippen LogP contribution in [-0.4, -0.2) is 106 Å². The Balaban J connectivity index is 1.83. The molecule has 16 nitrogen and oxygen atoms in total. The number of aromatic nitrogens is 1. The number of thioether (sulfide) groups is 1. The Bertz CT molecular complexity index is 1870. The van der Waals surface area contributed by atoms with Gasteiger partial charge in [-0.05, 0) is 51.0 Å². The largest absolute Gasteiger partial charge is 0.477 e. The lowest BCUT2D eigenvalue weighted by Crippen LogP contribution is -2.68. The molecule has 0 spiro atoms. The highest BCUT2D eigenvalue weighted by Crippen LogP contribution is 2.38. The second-order valence-electron chi connectivity index (χ2n) is 13.6. The van der Waals surface area contributed by atoms with Crippen molar-refractivity contribution < 1.29 is 61.9 Å². The molecular formula is C37H48FN3O13S. The molecule has 9 atom stereocenters. The smallest absolute Gasteiger partial charge is 0.341 e. The van der Waals surface area contributed by atoms with E-state index in [1.807, 2.05) is 6.92 Å². The number of carboxylic acids is 1. The molecule has 4 rings (SSSR count). The third-order valence-corrected chi connectivity index (χ3v) is 10.5. The number of nitrogens with zero attached hydrogens (tertiary/aromatic N) is 2. The van der Waals surface area contributed by atoms with E-state index in [0.717, 1.165) is 51.9 Å². The number of halogens is 1. The van der Waals surface area contributed by atoms with Crippen molar-refractivity contribution in [2.24, 2.45) is 5.92 Å². The van der Waals surface area contributed by atoms with Crippen molar-refractivity contribution in [2.45, 2.75) is 122 Å². The van der Waals surface area contributed by atoms with Gasteiger partial charge < -0.3 is 43.6 Å². The maximum absolute atomic E-state index is 16.1. The first-order valence-corrected chi connectivity index (χ1v) is 19.2. The van der Waals surface area contributed by atoms with Crippen LogP contribution in [0.4, 0.5) is 10.1 Å². The second-order valence-corrected chi connectivity index (χ2v) is 14.6. The van der Waals surface area contributed by atoms with Crippen LogP contribution in [-0.2, 0) is 54.2 Å². The minimum absolute atomic E-state index is 0.00816. The van der Waals surface area contributed by atoms with Gasteiger partial charge in [0.25, 0.3) is 0 Å². The highest BCUT2D eigenvalue weighted by Gasteiger charge is 2.55. The molecule has 0 radical (unpaired) electrons. The van der Waals surface area contributed by atoms with Crippen LogP contribution in [0.25, 0.3) is 10.9 Å². The van der Waals surface area contributed by atoms with E-state index in [9.17, 15) is 38.7 Å². The van der Waals surface area contributed by atoms with Crippen molar-refractivity contribution in [2.75, 3.05) is 17.7 Å². The van der Waals surface area contributed by atoms with Gasteiger partial charge in [-0.25, -0.2) is 9.18 Å². The summed E-state index contributed by atoms with van der Waals surface area (Å²) in [4.78, 5) is 90.4. The molecular weight excluding hydrogens is 745 g/mol. The number of benzene rings is 1. The Morgan fingerprint density at radius 3 is 2.15 bits per heavy atom. The van der Waals surface area contributed by atoms with E-state index in [-0.39, 0.29) is 42.0 Å². The van der Waals surface area contributed by atoms with Gasteiger partial charge in [0.05, 0.1) is 17.2 Å². The Hall–Kier alpha value is -4.71. The standard InChI is InChI=1S/C37H48FN3O13S/c1-9-11-22-12-28(41(15-22)27-14-26-23(13-25(27)38)30(46)24(36(48)49)16-40(26)10-2)35(47)39-29(17(3)50-18(4)42)31-32(51-19(5)43)33(52-20(6)44)34(53-21(7)45)37(54-31)55-8/h13-14,16-17,22,28-29,31-34,37H,9-12,15H2,1-8H3,(H,39,47)(H,48,49)/t17-,22-,28+,29-,31-,32+,33+,34-,37-/m1/s1. The van der Waals surface area contributed by atoms with Crippen molar-refractivity contribution in [3.05, 3.63) is 39.9 Å². The highest BCUT2D eigenvalue weighted by atomic mass is 32.2. The number of aryl methyl sites for hydroxylation is 1. The van der Waals surface area contributed by atoms with E-state index < -0.39 is 101 Å². The lowest BCUT2D eigenvalue weighted by atomic mass is 9.91. The van der Waals surface area contributed by atoms with Crippen molar-refractivity contribution in [3.8, 4) is 0 Å². The number of hydrogen-bond donors (Lipinski definition) is 2. The molecule has 2 saturated heterocycles. The molecule has 2 fully saturated rings. The van der Waals surface area contributed by atoms with Gasteiger partial charge in [0, 0.05) is 52.4 Å². The third-order valence-electron chi connectivity index (χ3n) is 9.61. The molecule has 3 heterocycles. The molecule has 1 aromatic heterocycles. The predicted octanol–water partition coefficient (Wildman–Crippen LogP) is 3.17. The summed E-state index contributed by atoms with van der Waals surface area (Å²) in [6, 6.07) is 0.120. The molecule has 2 N–H and O–H groups in total. The number of ether oxygens (including phenoxy) is 5. The van der Waals surface area contributed by atoms with Gasteiger partial charge in [0.15, 0.2) is 18.3 Å². The summed E-state index contributed by atoms with van der Waals surface area (Å²) in [5.74, 6) is -6.04. The molecule has 18 heteroatoms. The van der Waals surface area contributed by atoms with E-state index in [1.54, 1.807) is 18.1 Å². The zero-order valence-corrected chi connectivity index (χ0v) is 32.8. The second kappa shape index (κ2) is 18.3. The molecule has 0 bridgehead atoms. The summed E-state index contributed by atoms with van der Waals surface area (Å²) in [6.07, 6.45) is -2.05. The fourth-order valence-electron chi connectivity index (χ4n) is 7.43. The molecule has 2 aliphatic heterocycles. The summed E-state index contributed by atoms with van der Waals surface area (Å²) in [5.41, 5.74) is -2.09. The molecule has 1 amide bonds. The number of hydrogen-bond acceptors (Lipinski definition) is 14. The Labute approximate surface area is 321 Å². The molecule has 0 saturated carbocycles. The first-order valence-electron chi connectivity index (χ1n) is 18.0.